The normalized spacial score (nSPS) is 13.4. The molecular weight excluding hydrogens is 262 g/mol. The zero-order valence-electron chi connectivity index (χ0n) is 9.79. The topological polar surface area (TPSA) is 121 Å². The van der Waals surface area contributed by atoms with Crippen LogP contribution in [0.4, 0.5) is 0 Å². The first-order chi connectivity index (χ1) is 8.44. The van der Waals surface area contributed by atoms with E-state index in [2.05, 4.69) is 19.4 Å². The second-order valence-corrected chi connectivity index (χ2v) is 5.47. The molecular formula is C9H15N3O5S. The fourth-order valence-electron chi connectivity index (χ4n) is 1.26. The Bertz CT molecular complexity index is 470. The van der Waals surface area contributed by atoms with Crippen molar-refractivity contribution < 1.29 is 23.1 Å². The Morgan fingerprint density at radius 3 is 2.89 bits per heavy atom. The van der Waals surface area contributed by atoms with E-state index in [4.69, 9.17) is 5.11 Å². The zero-order valence-corrected chi connectivity index (χ0v) is 10.6. The van der Waals surface area contributed by atoms with Gasteiger partial charge in [-0.15, -0.1) is 0 Å². The lowest BCUT2D eigenvalue weighted by molar-refractivity contribution is -0.138. The number of aromatic nitrogens is 2. The molecule has 1 atom stereocenters. The first-order valence-corrected chi connectivity index (χ1v) is 6.79. The summed E-state index contributed by atoms with van der Waals surface area (Å²) >= 11 is 0. The first kappa shape index (κ1) is 14.6. The van der Waals surface area contributed by atoms with Gasteiger partial charge >= 0.3 is 5.97 Å². The number of hydrogen-bond acceptors (Lipinski definition) is 5. The third kappa shape index (κ3) is 4.82. The monoisotopic (exact) mass is 277 g/mol. The van der Waals surface area contributed by atoms with Crippen molar-refractivity contribution >= 4 is 16.0 Å². The smallest absolute Gasteiger partial charge is 0.322 e. The van der Waals surface area contributed by atoms with Crippen LogP contribution in [0.3, 0.4) is 0 Å². The number of aliphatic carboxylic acids is 1. The number of imidazole rings is 1. The van der Waals surface area contributed by atoms with Gasteiger partial charge in [0, 0.05) is 25.4 Å². The number of carboxylic acids is 1. The quantitative estimate of drug-likeness (QED) is 0.558. The van der Waals surface area contributed by atoms with Crippen molar-refractivity contribution in [3.05, 3.63) is 18.2 Å². The van der Waals surface area contributed by atoms with Crippen LogP contribution in [-0.2, 0) is 26.0 Å². The molecule has 102 valence electrons. The van der Waals surface area contributed by atoms with Crippen LogP contribution in [0.2, 0.25) is 0 Å². The van der Waals surface area contributed by atoms with Crippen LogP contribution < -0.4 is 4.72 Å². The summed E-state index contributed by atoms with van der Waals surface area (Å²) in [7, 11) is -2.31. The van der Waals surface area contributed by atoms with Gasteiger partial charge in [0.2, 0.25) is 10.0 Å². The van der Waals surface area contributed by atoms with E-state index in [1.807, 2.05) is 0 Å². The van der Waals surface area contributed by atoms with Crippen molar-refractivity contribution in [1.29, 1.82) is 0 Å². The number of carbonyl (C=O) groups is 1. The van der Waals surface area contributed by atoms with Crippen molar-refractivity contribution in [3.63, 3.8) is 0 Å². The number of nitrogens with one attached hydrogen (secondary N) is 2. The Hall–Kier alpha value is -1.45. The molecule has 18 heavy (non-hydrogen) atoms. The van der Waals surface area contributed by atoms with Crippen molar-refractivity contribution in [1.82, 2.24) is 14.7 Å². The van der Waals surface area contributed by atoms with Gasteiger partial charge in [0.15, 0.2) is 0 Å². The van der Waals surface area contributed by atoms with Crippen LogP contribution in [-0.4, -0.2) is 55.0 Å². The van der Waals surface area contributed by atoms with E-state index in [-0.39, 0.29) is 18.8 Å². The summed E-state index contributed by atoms with van der Waals surface area (Å²) in [5.74, 6) is -1.53. The molecule has 0 bridgehead atoms. The van der Waals surface area contributed by atoms with Gasteiger partial charge in [-0.1, -0.05) is 0 Å². The van der Waals surface area contributed by atoms with Crippen molar-refractivity contribution in [2.24, 2.45) is 0 Å². The first-order valence-electron chi connectivity index (χ1n) is 5.13. The molecule has 0 unspecified atom stereocenters. The number of methoxy groups -OCH3 is 1. The van der Waals surface area contributed by atoms with Gasteiger partial charge < -0.3 is 14.8 Å². The second kappa shape index (κ2) is 6.47. The number of sulfonamides is 1. The van der Waals surface area contributed by atoms with Crippen LogP contribution >= 0.6 is 0 Å². The van der Waals surface area contributed by atoms with Gasteiger partial charge in [0.25, 0.3) is 0 Å². The highest BCUT2D eigenvalue weighted by atomic mass is 32.2. The average Bonchev–Trinajstić information content (AvgIpc) is 2.78. The van der Waals surface area contributed by atoms with Gasteiger partial charge in [-0.2, -0.15) is 0 Å². The molecule has 0 amide bonds. The third-order valence-corrected chi connectivity index (χ3v) is 3.50. The van der Waals surface area contributed by atoms with E-state index in [1.54, 1.807) is 0 Å². The Kier molecular flexibility index (Phi) is 5.25. The number of hydrogen-bond donors (Lipinski definition) is 3. The maximum atomic E-state index is 11.6. The summed E-state index contributed by atoms with van der Waals surface area (Å²) < 4.78 is 29.9. The molecule has 0 aliphatic rings. The molecule has 3 N–H and O–H groups in total. The molecule has 8 nitrogen and oxygen atoms in total. The number of aromatic amines is 1. The van der Waals surface area contributed by atoms with Crippen LogP contribution in [0.25, 0.3) is 0 Å². The Morgan fingerprint density at radius 2 is 2.39 bits per heavy atom. The highest BCUT2D eigenvalue weighted by Gasteiger charge is 2.24. The van der Waals surface area contributed by atoms with Gasteiger partial charge in [-0.3, -0.25) is 4.79 Å². The molecule has 1 aromatic heterocycles. The molecule has 0 aromatic carbocycles. The SMILES string of the molecule is COCCS(=O)(=O)N[C@@H](Cc1cnc[nH]1)C(=O)O. The lowest BCUT2D eigenvalue weighted by Gasteiger charge is -2.13. The molecule has 9 heteroatoms. The van der Waals surface area contributed by atoms with Crippen LogP contribution in [0.1, 0.15) is 5.69 Å². The number of H-pyrrole nitrogens is 1. The molecule has 0 saturated heterocycles. The Balaban J connectivity index is 2.66. The summed E-state index contributed by atoms with van der Waals surface area (Å²) in [6, 6.07) is -1.23. The van der Waals surface area contributed by atoms with Gasteiger partial charge in [-0.25, -0.2) is 18.1 Å². The summed E-state index contributed by atoms with van der Waals surface area (Å²) in [6.45, 7) is 0.00568. The highest BCUT2D eigenvalue weighted by Crippen LogP contribution is 2.01. The van der Waals surface area contributed by atoms with E-state index in [0.717, 1.165) is 0 Å². The lowest BCUT2D eigenvalue weighted by atomic mass is 10.2. The minimum Gasteiger partial charge on any atom is -0.480 e. The number of carboxylic acid groups (broad SMARTS) is 1. The van der Waals surface area contributed by atoms with E-state index in [0.29, 0.717) is 5.69 Å². The molecule has 1 heterocycles. The van der Waals surface area contributed by atoms with Crippen LogP contribution in [0.15, 0.2) is 12.5 Å². The van der Waals surface area contributed by atoms with Gasteiger partial charge in [0.05, 0.1) is 18.7 Å². The predicted molar refractivity (Wildman–Crippen MR) is 62.5 cm³/mol. The summed E-state index contributed by atoms with van der Waals surface area (Å²) in [6.07, 6.45) is 2.84. The largest absolute Gasteiger partial charge is 0.480 e. The molecule has 0 aliphatic heterocycles. The van der Waals surface area contributed by atoms with Crippen LogP contribution in [0, 0.1) is 0 Å². The zero-order chi connectivity index (χ0) is 13.6. The van der Waals surface area contributed by atoms with E-state index in [1.165, 1.54) is 19.6 Å². The fraction of sp³-hybridized carbons (Fsp3) is 0.556. The third-order valence-electron chi connectivity index (χ3n) is 2.15. The highest BCUT2D eigenvalue weighted by molar-refractivity contribution is 7.89. The fourth-order valence-corrected chi connectivity index (χ4v) is 2.39. The molecule has 1 aromatic rings. The summed E-state index contributed by atoms with van der Waals surface area (Å²) in [4.78, 5) is 17.4. The number of nitrogens with zero attached hydrogens (tertiary/aromatic N) is 1. The average molecular weight is 277 g/mol. The number of ether oxygens (including phenoxy) is 1. The molecule has 0 spiro atoms. The van der Waals surface area contributed by atoms with Gasteiger partial charge in [0.1, 0.15) is 6.04 Å². The molecule has 0 saturated carbocycles. The standard InChI is InChI=1S/C9H15N3O5S/c1-17-2-3-18(15,16)12-8(9(13)14)4-7-5-10-6-11-7/h5-6,8,12H,2-4H2,1H3,(H,10,11)(H,13,14)/t8-/m0/s1. The van der Waals surface area contributed by atoms with Crippen molar-refractivity contribution in [2.45, 2.75) is 12.5 Å². The summed E-state index contributed by atoms with van der Waals surface area (Å²) in [5.41, 5.74) is 0.539. The van der Waals surface area contributed by atoms with Crippen molar-refractivity contribution in [3.8, 4) is 0 Å². The van der Waals surface area contributed by atoms with Crippen molar-refractivity contribution in [2.75, 3.05) is 19.5 Å². The van der Waals surface area contributed by atoms with E-state index >= 15 is 0 Å². The molecule has 1 rings (SSSR count). The Labute approximate surface area is 104 Å². The van der Waals surface area contributed by atoms with E-state index < -0.39 is 22.0 Å². The lowest BCUT2D eigenvalue weighted by Crippen LogP contribution is -2.43. The predicted octanol–water partition coefficient (Wildman–Crippen LogP) is -1.03. The maximum Gasteiger partial charge on any atom is 0.322 e. The van der Waals surface area contributed by atoms with Gasteiger partial charge in [-0.05, 0) is 0 Å². The Morgan fingerprint density at radius 1 is 1.67 bits per heavy atom. The molecule has 0 aliphatic carbocycles. The molecule has 0 fully saturated rings. The van der Waals surface area contributed by atoms with E-state index in [9.17, 15) is 13.2 Å². The minimum absolute atomic E-state index is 0.00153. The second-order valence-electron chi connectivity index (χ2n) is 3.60. The number of rotatable bonds is 8. The maximum absolute atomic E-state index is 11.6. The minimum atomic E-state index is -3.68. The van der Waals surface area contributed by atoms with Crippen LogP contribution in [0.5, 0.6) is 0 Å². The molecule has 0 radical (unpaired) electrons. The summed E-state index contributed by atoms with van der Waals surface area (Å²) in [5, 5.41) is 8.97.